The maximum Gasteiger partial charge on any atom is 0.255 e. The van der Waals surface area contributed by atoms with Crippen LogP contribution in [0.25, 0.3) is 11.0 Å². The molecule has 1 aliphatic heterocycles. The summed E-state index contributed by atoms with van der Waals surface area (Å²) in [5.41, 5.74) is 1.38. The van der Waals surface area contributed by atoms with Gasteiger partial charge in [0.2, 0.25) is 0 Å². The molecular formula is C15H18N2O2. The number of rotatable bonds is 4. The van der Waals surface area contributed by atoms with E-state index in [9.17, 15) is 4.79 Å². The molecule has 0 aliphatic carbocycles. The first kappa shape index (κ1) is 12.2. The lowest BCUT2D eigenvalue weighted by atomic mass is 10.1. The normalized spacial score (nSPS) is 18.8. The molecule has 4 nitrogen and oxygen atoms in total. The van der Waals surface area contributed by atoms with Crippen LogP contribution >= 0.6 is 0 Å². The van der Waals surface area contributed by atoms with Crippen molar-refractivity contribution in [1.29, 1.82) is 0 Å². The lowest BCUT2D eigenvalue weighted by Crippen LogP contribution is -2.26. The van der Waals surface area contributed by atoms with Crippen LogP contribution in [0.2, 0.25) is 0 Å². The van der Waals surface area contributed by atoms with Crippen LogP contribution in [0.3, 0.4) is 0 Å². The number of benzene rings is 1. The van der Waals surface area contributed by atoms with Gasteiger partial charge in [0.1, 0.15) is 11.8 Å². The monoisotopic (exact) mass is 258 g/mol. The molecule has 1 aliphatic rings. The lowest BCUT2D eigenvalue weighted by molar-refractivity contribution is 0.0952. The van der Waals surface area contributed by atoms with Gasteiger partial charge in [-0.25, -0.2) is 0 Å². The zero-order valence-corrected chi connectivity index (χ0v) is 10.8. The number of carbonyl (C=O) groups excluding carboxylic acids is 1. The highest BCUT2D eigenvalue weighted by Gasteiger charge is 2.16. The van der Waals surface area contributed by atoms with Crippen LogP contribution in [0.1, 0.15) is 23.2 Å². The third-order valence-electron chi connectivity index (χ3n) is 3.73. The molecule has 0 spiro atoms. The summed E-state index contributed by atoms with van der Waals surface area (Å²) >= 11 is 0. The van der Waals surface area contributed by atoms with Crippen LogP contribution in [-0.2, 0) is 0 Å². The topological polar surface area (TPSA) is 54.3 Å². The van der Waals surface area contributed by atoms with E-state index >= 15 is 0 Å². The van der Waals surface area contributed by atoms with Gasteiger partial charge in [-0.15, -0.1) is 0 Å². The summed E-state index contributed by atoms with van der Waals surface area (Å²) in [5, 5.41) is 7.19. The van der Waals surface area contributed by atoms with Crippen LogP contribution < -0.4 is 10.6 Å². The fraction of sp³-hybridized carbons (Fsp3) is 0.400. The first-order valence-electron chi connectivity index (χ1n) is 6.80. The molecule has 1 aromatic heterocycles. The van der Waals surface area contributed by atoms with E-state index in [1.165, 1.54) is 12.7 Å². The number of hydrogen-bond acceptors (Lipinski definition) is 3. The Bertz CT molecular complexity index is 570. The second kappa shape index (κ2) is 5.45. The second-order valence-corrected chi connectivity index (χ2v) is 5.05. The zero-order valence-electron chi connectivity index (χ0n) is 10.8. The molecule has 3 rings (SSSR count). The van der Waals surface area contributed by atoms with Gasteiger partial charge in [0, 0.05) is 11.9 Å². The molecule has 1 saturated heterocycles. The van der Waals surface area contributed by atoms with Crippen molar-refractivity contribution in [3.63, 3.8) is 0 Å². The number of nitrogens with one attached hydrogen (secondary N) is 2. The van der Waals surface area contributed by atoms with Crippen molar-refractivity contribution < 1.29 is 9.21 Å². The Hall–Kier alpha value is -1.81. The molecule has 1 aromatic carbocycles. The molecule has 0 saturated carbocycles. The van der Waals surface area contributed by atoms with Gasteiger partial charge in [-0.05, 0) is 37.9 Å². The van der Waals surface area contributed by atoms with E-state index < -0.39 is 0 Å². The molecule has 1 atom stereocenters. The molecule has 4 heteroatoms. The van der Waals surface area contributed by atoms with Gasteiger partial charge < -0.3 is 15.1 Å². The van der Waals surface area contributed by atoms with Crippen LogP contribution in [0.15, 0.2) is 34.9 Å². The summed E-state index contributed by atoms with van der Waals surface area (Å²) in [4.78, 5) is 12.1. The smallest absolute Gasteiger partial charge is 0.255 e. The highest BCUT2D eigenvalue weighted by Crippen LogP contribution is 2.20. The molecule has 100 valence electrons. The SMILES string of the molecule is O=C(NCCC1CCNC1)c1coc2ccccc12. The summed E-state index contributed by atoms with van der Waals surface area (Å²) in [7, 11) is 0. The number of amides is 1. The van der Waals surface area contributed by atoms with E-state index in [4.69, 9.17) is 4.42 Å². The molecule has 1 amide bonds. The minimum atomic E-state index is -0.0455. The van der Waals surface area contributed by atoms with E-state index in [2.05, 4.69) is 10.6 Å². The summed E-state index contributed by atoms with van der Waals surface area (Å²) in [6, 6.07) is 7.60. The lowest BCUT2D eigenvalue weighted by Gasteiger charge is -2.08. The number of hydrogen-bond donors (Lipinski definition) is 2. The van der Waals surface area contributed by atoms with Crippen molar-refractivity contribution in [3.8, 4) is 0 Å². The van der Waals surface area contributed by atoms with E-state index in [0.29, 0.717) is 11.5 Å². The van der Waals surface area contributed by atoms with E-state index in [0.717, 1.165) is 37.0 Å². The summed E-state index contributed by atoms with van der Waals surface area (Å²) in [5.74, 6) is 0.650. The maximum atomic E-state index is 12.1. The summed E-state index contributed by atoms with van der Waals surface area (Å²) in [6.07, 6.45) is 3.79. The molecule has 0 bridgehead atoms. The van der Waals surface area contributed by atoms with Gasteiger partial charge >= 0.3 is 0 Å². The third-order valence-corrected chi connectivity index (χ3v) is 3.73. The third kappa shape index (κ3) is 2.63. The minimum Gasteiger partial charge on any atom is -0.463 e. The quantitative estimate of drug-likeness (QED) is 0.883. The van der Waals surface area contributed by atoms with Gasteiger partial charge in [-0.3, -0.25) is 4.79 Å². The van der Waals surface area contributed by atoms with Gasteiger partial charge in [0.15, 0.2) is 0 Å². The Kier molecular flexibility index (Phi) is 3.51. The van der Waals surface area contributed by atoms with Crippen molar-refractivity contribution in [3.05, 3.63) is 36.1 Å². The Labute approximate surface area is 112 Å². The van der Waals surface area contributed by atoms with Crippen molar-refractivity contribution in [2.24, 2.45) is 5.92 Å². The highest BCUT2D eigenvalue weighted by molar-refractivity contribution is 6.05. The Balaban J connectivity index is 1.60. The van der Waals surface area contributed by atoms with Gasteiger partial charge in [0.25, 0.3) is 5.91 Å². The van der Waals surface area contributed by atoms with Gasteiger partial charge in [0.05, 0.1) is 5.56 Å². The van der Waals surface area contributed by atoms with E-state index in [-0.39, 0.29) is 5.91 Å². The van der Waals surface area contributed by atoms with Crippen LogP contribution in [0.4, 0.5) is 0 Å². The molecule has 0 radical (unpaired) electrons. The number of para-hydroxylation sites is 1. The predicted molar refractivity (Wildman–Crippen MR) is 74.1 cm³/mol. The predicted octanol–water partition coefficient (Wildman–Crippen LogP) is 2.16. The van der Waals surface area contributed by atoms with E-state index in [1.807, 2.05) is 24.3 Å². The molecule has 1 unspecified atom stereocenters. The van der Waals surface area contributed by atoms with Crippen molar-refractivity contribution in [2.45, 2.75) is 12.8 Å². The van der Waals surface area contributed by atoms with Crippen LogP contribution in [0, 0.1) is 5.92 Å². The van der Waals surface area contributed by atoms with Crippen LogP contribution in [-0.4, -0.2) is 25.5 Å². The molecule has 19 heavy (non-hydrogen) atoms. The highest BCUT2D eigenvalue weighted by atomic mass is 16.3. The second-order valence-electron chi connectivity index (χ2n) is 5.05. The zero-order chi connectivity index (χ0) is 13.1. The molecule has 2 heterocycles. The maximum absolute atomic E-state index is 12.1. The first-order chi connectivity index (χ1) is 9.34. The first-order valence-corrected chi connectivity index (χ1v) is 6.80. The molecule has 2 N–H and O–H groups in total. The molecule has 1 fully saturated rings. The fourth-order valence-corrected chi connectivity index (χ4v) is 2.60. The standard InChI is InChI=1S/C15H18N2O2/c18-15(17-8-6-11-5-7-16-9-11)13-10-19-14-4-2-1-3-12(13)14/h1-4,10-11,16H,5-9H2,(H,17,18). The summed E-state index contributed by atoms with van der Waals surface area (Å²) in [6.45, 7) is 2.90. The molecular weight excluding hydrogens is 240 g/mol. The molecule has 2 aromatic rings. The Morgan fingerprint density at radius 3 is 3.16 bits per heavy atom. The fourth-order valence-electron chi connectivity index (χ4n) is 2.60. The number of furan rings is 1. The Morgan fingerprint density at radius 1 is 1.42 bits per heavy atom. The van der Waals surface area contributed by atoms with Crippen molar-refractivity contribution in [2.75, 3.05) is 19.6 Å². The largest absolute Gasteiger partial charge is 0.463 e. The van der Waals surface area contributed by atoms with Gasteiger partial charge in [-0.1, -0.05) is 18.2 Å². The van der Waals surface area contributed by atoms with Gasteiger partial charge in [-0.2, -0.15) is 0 Å². The number of fused-ring (bicyclic) bond motifs is 1. The average Bonchev–Trinajstić information content (AvgIpc) is 3.07. The Morgan fingerprint density at radius 2 is 2.32 bits per heavy atom. The number of carbonyl (C=O) groups is 1. The average molecular weight is 258 g/mol. The van der Waals surface area contributed by atoms with Crippen LogP contribution in [0.5, 0.6) is 0 Å². The van der Waals surface area contributed by atoms with Crippen molar-refractivity contribution in [1.82, 2.24) is 10.6 Å². The van der Waals surface area contributed by atoms with Crippen molar-refractivity contribution >= 4 is 16.9 Å². The summed E-state index contributed by atoms with van der Waals surface area (Å²) < 4.78 is 5.38. The minimum absolute atomic E-state index is 0.0455. The van der Waals surface area contributed by atoms with E-state index in [1.54, 1.807) is 0 Å².